The van der Waals surface area contributed by atoms with Crippen LogP contribution >= 0.6 is 12.4 Å². The molecule has 0 saturated carbocycles. The molecule has 2 aromatic carbocycles. The second kappa shape index (κ2) is 8.26. The summed E-state index contributed by atoms with van der Waals surface area (Å²) >= 11 is 0. The third-order valence-corrected chi connectivity index (χ3v) is 3.46. The summed E-state index contributed by atoms with van der Waals surface area (Å²) in [6.07, 6.45) is -4.78. The van der Waals surface area contributed by atoms with Gasteiger partial charge in [-0.15, -0.1) is 25.6 Å². The molecule has 132 valence electrons. The summed E-state index contributed by atoms with van der Waals surface area (Å²) in [5.74, 6) is -0.355. The molecule has 7 heteroatoms. The highest BCUT2D eigenvalue weighted by atomic mass is 35.5. The van der Waals surface area contributed by atoms with E-state index in [4.69, 9.17) is 10.5 Å². The van der Waals surface area contributed by atoms with E-state index in [1.807, 2.05) is 32.0 Å². The maximum atomic E-state index is 12.5. The van der Waals surface area contributed by atoms with Gasteiger partial charge in [-0.05, 0) is 48.2 Å². The van der Waals surface area contributed by atoms with E-state index in [-0.39, 0.29) is 37.1 Å². The maximum Gasteiger partial charge on any atom is 0.573 e. The zero-order chi connectivity index (χ0) is 17.0. The molecule has 0 amide bonds. The van der Waals surface area contributed by atoms with Gasteiger partial charge in [0, 0.05) is 6.54 Å². The van der Waals surface area contributed by atoms with Crippen LogP contribution in [0.5, 0.6) is 11.5 Å². The Labute approximate surface area is 145 Å². The zero-order valence-corrected chi connectivity index (χ0v) is 14.1. The molecule has 0 aromatic heterocycles. The van der Waals surface area contributed by atoms with Gasteiger partial charge in [-0.2, -0.15) is 0 Å². The van der Waals surface area contributed by atoms with Gasteiger partial charge >= 0.3 is 6.36 Å². The van der Waals surface area contributed by atoms with E-state index in [9.17, 15) is 13.2 Å². The van der Waals surface area contributed by atoms with Crippen molar-refractivity contribution in [3.8, 4) is 22.6 Å². The standard InChI is InChI=1S/C17H18F3NO2.ClH/c1-11-4-3-5-14(12(11)2)13-6-7-15(23-17(18,19)20)16(10-13)22-9-8-21;/h3-7,10H,8-9,21H2,1-2H3;1H. The normalized spacial score (nSPS) is 10.9. The van der Waals surface area contributed by atoms with Gasteiger partial charge < -0.3 is 15.2 Å². The lowest BCUT2D eigenvalue weighted by Crippen LogP contribution is -2.18. The highest BCUT2D eigenvalue weighted by Gasteiger charge is 2.32. The Morgan fingerprint density at radius 1 is 1.04 bits per heavy atom. The van der Waals surface area contributed by atoms with E-state index in [0.29, 0.717) is 0 Å². The highest BCUT2D eigenvalue weighted by molar-refractivity contribution is 5.85. The molecule has 0 spiro atoms. The van der Waals surface area contributed by atoms with Crippen LogP contribution in [0, 0.1) is 13.8 Å². The molecule has 2 N–H and O–H groups in total. The molecule has 0 radical (unpaired) electrons. The summed E-state index contributed by atoms with van der Waals surface area (Å²) < 4.78 is 46.8. The fraction of sp³-hybridized carbons (Fsp3) is 0.294. The zero-order valence-electron chi connectivity index (χ0n) is 13.3. The fourth-order valence-electron chi connectivity index (χ4n) is 2.23. The van der Waals surface area contributed by atoms with Crippen LogP contribution in [0.2, 0.25) is 0 Å². The van der Waals surface area contributed by atoms with Gasteiger partial charge in [0.2, 0.25) is 0 Å². The first-order valence-corrected chi connectivity index (χ1v) is 7.11. The third kappa shape index (κ3) is 5.04. The molecule has 0 aliphatic rings. The Morgan fingerprint density at radius 3 is 2.38 bits per heavy atom. The number of halogens is 4. The number of rotatable bonds is 5. The lowest BCUT2D eigenvalue weighted by atomic mass is 9.97. The molecular weight excluding hydrogens is 343 g/mol. The Balaban J connectivity index is 0.00000288. The summed E-state index contributed by atoms with van der Waals surface area (Å²) in [5, 5.41) is 0. The molecule has 0 aliphatic heterocycles. The quantitative estimate of drug-likeness (QED) is 0.844. The Hall–Kier alpha value is -1.92. The maximum absolute atomic E-state index is 12.5. The molecule has 0 unspecified atom stereocenters. The third-order valence-electron chi connectivity index (χ3n) is 3.46. The van der Waals surface area contributed by atoms with E-state index < -0.39 is 6.36 Å². The van der Waals surface area contributed by atoms with E-state index in [1.165, 1.54) is 6.07 Å². The van der Waals surface area contributed by atoms with Crippen molar-refractivity contribution in [1.82, 2.24) is 0 Å². The van der Waals surface area contributed by atoms with Gasteiger partial charge in [0.15, 0.2) is 11.5 Å². The molecule has 0 fully saturated rings. The predicted octanol–water partition coefficient (Wildman–Crippen LogP) is 4.63. The summed E-state index contributed by atoms with van der Waals surface area (Å²) in [5.41, 5.74) is 9.20. The van der Waals surface area contributed by atoms with E-state index in [1.54, 1.807) is 12.1 Å². The number of ether oxygens (including phenoxy) is 2. The second-order valence-electron chi connectivity index (χ2n) is 5.09. The monoisotopic (exact) mass is 361 g/mol. The molecule has 3 nitrogen and oxygen atoms in total. The minimum absolute atomic E-state index is 0. The first kappa shape index (κ1) is 20.1. The number of nitrogens with two attached hydrogens (primary N) is 1. The summed E-state index contributed by atoms with van der Waals surface area (Å²) in [7, 11) is 0. The van der Waals surface area contributed by atoms with E-state index >= 15 is 0 Å². The smallest absolute Gasteiger partial charge is 0.488 e. The van der Waals surface area contributed by atoms with Crippen molar-refractivity contribution < 1.29 is 22.6 Å². The number of alkyl halides is 3. The molecule has 2 aromatic rings. The van der Waals surface area contributed by atoms with Crippen LogP contribution in [-0.2, 0) is 0 Å². The van der Waals surface area contributed by atoms with Crippen molar-refractivity contribution in [1.29, 1.82) is 0 Å². The lowest BCUT2D eigenvalue weighted by Gasteiger charge is -2.16. The SMILES string of the molecule is Cc1cccc(-c2ccc(OC(F)(F)F)c(OCCN)c2)c1C.Cl. The van der Waals surface area contributed by atoms with Crippen LogP contribution in [-0.4, -0.2) is 19.5 Å². The van der Waals surface area contributed by atoms with Crippen molar-refractivity contribution in [3.63, 3.8) is 0 Å². The first-order valence-electron chi connectivity index (χ1n) is 7.11. The molecule has 0 atom stereocenters. The topological polar surface area (TPSA) is 44.5 Å². The molecule has 2 rings (SSSR count). The average molecular weight is 362 g/mol. The highest BCUT2D eigenvalue weighted by Crippen LogP contribution is 2.37. The molecular formula is C17H19ClF3NO2. The Bertz CT molecular complexity index is 690. The fourth-order valence-corrected chi connectivity index (χ4v) is 2.23. The van der Waals surface area contributed by atoms with E-state index in [0.717, 1.165) is 22.3 Å². The van der Waals surface area contributed by atoms with Gasteiger partial charge in [0.25, 0.3) is 0 Å². The van der Waals surface area contributed by atoms with Crippen LogP contribution in [0.4, 0.5) is 13.2 Å². The van der Waals surface area contributed by atoms with Crippen molar-refractivity contribution in [3.05, 3.63) is 47.5 Å². The number of aryl methyl sites for hydroxylation is 1. The van der Waals surface area contributed by atoms with Gasteiger partial charge in [0.05, 0.1) is 0 Å². The van der Waals surface area contributed by atoms with Crippen LogP contribution in [0.1, 0.15) is 11.1 Å². The van der Waals surface area contributed by atoms with Crippen molar-refractivity contribution >= 4 is 12.4 Å². The number of hydrogen-bond acceptors (Lipinski definition) is 3. The van der Waals surface area contributed by atoms with Crippen molar-refractivity contribution in [2.45, 2.75) is 20.2 Å². The number of benzene rings is 2. The Morgan fingerprint density at radius 2 is 1.75 bits per heavy atom. The van der Waals surface area contributed by atoms with Crippen molar-refractivity contribution in [2.24, 2.45) is 5.73 Å². The first-order chi connectivity index (χ1) is 10.8. The summed E-state index contributed by atoms with van der Waals surface area (Å²) in [4.78, 5) is 0. The van der Waals surface area contributed by atoms with Crippen LogP contribution in [0.25, 0.3) is 11.1 Å². The molecule has 0 bridgehead atoms. The second-order valence-corrected chi connectivity index (χ2v) is 5.09. The van der Waals surface area contributed by atoms with Crippen LogP contribution in [0.3, 0.4) is 0 Å². The van der Waals surface area contributed by atoms with Gasteiger partial charge in [-0.3, -0.25) is 0 Å². The Kier molecular flexibility index (Phi) is 6.93. The minimum atomic E-state index is -4.78. The molecule has 24 heavy (non-hydrogen) atoms. The largest absolute Gasteiger partial charge is 0.573 e. The predicted molar refractivity (Wildman–Crippen MR) is 89.8 cm³/mol. The van der Waals surface area contributed by atoms with Gasteiger partial charge in [0.1, 0.15) is 6.61 Å². The molecule has 0 aliphatic carbocycles. The van der Waals surface area contributed by atoms with Crippen LogP contribution < -0.4 is 15.2 Å². The van der Waals surface area contributed by atoms with E-state index in [2.05, 4.69) is 4.74 Å². The minimum Gasteiger partial charge on any atom is -0.488 e. The molecule has 0 heterocycles. The van der Waals surface area contributed by atoms with Crippen molar-refractivity contribution in [2.75, 3.05) is 13.2 Å². The summed E-state index contributed by atoms with van der Waals surface area (Å²) in [6.45, 7) is 4.24. The van der Waals surface area contributed by atoms with Gasteiger partial charge in [-0.25, -0.2) is 0 Å². The molecule has 0 saturated heterocycles. The average Bonchev–Trinajstić information content (AvgIpc) is 2.48. The van der Waals surface area contributed by atoms with Crippen LogP contribution in [0.15, 0.2) is 36.4 Å². The summed E-state index contributed by atoms with van der Waals surface area (Å²) in [6, 6.07) is 10.2. The lowest BCUT2D eigenvalue weighted by molar-refractivity contribution is -0.275. The van der Waals surface area contributed by atoms with Gasteiger partial charge in [-0.1, -0.05) is 24.3 Å². The number of hydrogen-bond donors (Lipinski definition) is 1.